The monoisotopic (exact) mass is 244 g/mol. The van der Waals surface area contributed by atoms with Gasteiger partial charge in [0.2, 0.25) is 0 Å². The van der Waals surface area contributed by atoms with Gasteiger partial charge in [0.25, 0.3) is 0 Å². The number of anilines is 1. The van der Waals surface area contributed by atoms with Crippen molar-refractivity contribution in [2.24, 2.45) is 0 Å². The summed E-state index contributed by atoms with van der Waals surface area (Å²) >= 11 is 1.63. The number of thiophene rings is 1. The van der Waals surface area contributed by atoms with Gasteiger partial charge in [-0.15, -0.1) is 11.3 Å². The van der Waals surface area contributed by atoms with Gasteiger partial charge in [0.15, 0.2) is 0 Å². The molecule has 0 radical (unpaired) electrons. The zero-order valence-corrected chi connectivity index (χ0v) is 9.98. The molecule has 4 heteroatoms. The Hall–Kier alpha value is -1.94. The number of nitrogens with two attached hydrogens (primary N) is 1. The molecule has 0 unspecified atom stereocenters. The van der Waals surface area contributed by atoms with Crippen LogP contribution in [-0.4, -0.2) is 4.73 Å². The average molecular weight is 244 g/mol. The first kappa shape index (κ1) is 10.2. The highest BCUT2D eigenvalue weighted by Crippen LogP contribution is 2.27. The van der Waals surface area contributed by atoms with E-state index in [0.29, 0.717) is 6.61 Å². The van der Waals surface area contributed by atoms with Crippen LogP contribution in [-0.2, 0) is 6.61 Å². The van der Waals surface area contributed by atoms with Crippen molar-refractivity contribution >= 4 is 27.2 Å². The quantitative estimate of drug-likeness (QED) is 0.769. The highest BCUT2D eigenvalue weighted by molar-refractivity contribution is 7.16. The molecule has 0 aliphatic heterocycles. The van der Waals surface area contributed by atoms with Crippen LogP contribution in [0.3, 0.4) is 0 Å². The topological polar surface area (TPSA) is 40.2 Å². The fraction of sp³-hybridized carbons (Fsp3) is 0.0769. The van der Waals surface area contributed by atoms with Crippen molar-refractivity contribution in [1.82, 2.24) is 4.73 Å². The van der Waals surface area contributed by atoms with Crippen LogP contribution in [0.15, 0.2) is 48.0 Å². The summed E-state index contributed by atoms with van der Waals surface area (Å²) in [7, 11) is 0. The van der Waals surface area contributed by atoms with Crippen molar-refractivity contribution in [3.05, 3.63) is 53.5 Å². The van der Waals surface area contributed by atoms with E-state index in [1.807, 2.05) is 48.0 Å². The molecule has 0 saturated carbocycles. The van der Waals surface area contributed by atoms with Crippen LogP contribution in [0.5, 0.6) is 0 Å². The van der Waals surface area contributed by atoms with E-state index >= 15 is 0 Å². The first-order valence-electron chi connectivity index (χ1n) is 5.36. The fourth-order valence-corrected chi connectivity index (χ4v) is 2.62. The second kappa shape index (κ2) is 4.14. The maximum Gasteiger partial charge on any atom is 0.141 e. The molecule has 86 valence electrons. The highest BCUT2D eigenvalue weighted by atomic mass is 32.1. The number of aromatic nitrogens is 1. The first-order chi connectivity index (χ1) is 8.34. The zero-order chi connectivity index (χ0) is 11.7. The second-order valence-electron chi connectivity index (χ2n) is 3.81. The van der Waals surface area contributed by atoms with E-state index in [4.69, 9.17) is 10.6 Å². The van der Waals surface area contributed by atoms with Crippen LogP contribution < -0.4 is 10.6 Å². The van der Waals surface area contributed by atoms with Gasteiger partial charge < -0.3 is 10.6 Å². The van der Waals surface area contributed by atoms with Gasteiger partial charge in [-0.05, 0) is 17.0 Å². The van der Waals surface area contributed by atoms with Crippen molar-refractivity contribution in [2.75, 3.05) is 5.73 Å². The molecule has 0 amide bonds. The number of nitrogens with zero attached hydrogens (tertiary/aromatic N) is 1. The standard InChI is InChI=1S/C13H12N2OS/c14-12-8-15(13-11(12)6-7-17-13)16-9-10-4-2-1-3-5-10/h1-8H,9,14H2. The van der Waals surface area contributed by atoms with E-state index in [9.17, 15) is 0 Å². The van der Waals surface area contributed by atoms with Crippen molar-refractivity contribution < 1.29 is 4.84 Å². The summed E-state index contributed by atoms with van der Waals surface area (Å²) in [5.41, 5.74) is 7.80. The Morgan fingerprint density at radius 1 is 1.18 bits per heavy atom. The number of benzene rings is 1. The summed E-state index contributed by atoms with van der Waals surface area (Å²) in [6, 6.07) is 12.1. The maximum absolute atomic E-state index is 5.90. The molecule has 2 heterocycles. The molecule has 2 N–H and O–H groups in total. The van der Waals surface area contributed by atoms with Crippen LogP contribution in [0.2, 0.25) is 0 Å². The first-order valence-corrected chi connectivity index (χ1v) is 6.24. The van der Waals surface area contributed by atoms with Crippen molar-refractivity contribution in [3.8, 4) is 0 Å². The Labute approximate surface area is 103 Å². The smallest absolute Gasteiger partial charge is 0.141 e. The maximum atomic E-state index is 5.90. The number of hydrogen-bond acceptors (Lipinski definition) is 3. The van der Waals surface area contributed by atoms with Gasteiger partial charge >= 0.3 is 0 Å². The summed E-state index contributed by atoms with van der Waals surface area (Å²) in [4.78, 5) is 6.79. The van der Waals surface area contributed by atoms with E-state index in [-0.39, 0.29) is 0 Å². The molecule has 3 nitrogen and oxygen atoms in total. The van der Waals surface area contributed by atoms with Gasteiger partial charge in [-0.25, -0.2) is 0 Å². The van der Waals surface area contributed by atoms with Gasteiger partial charge in [0.1, 0.15) is 11.4 Å². The Bertz CT molecular complexity index is 627. The van der Waals surface area contributed by atoms with E-state index < -0.39 is 0 Å². The normalized spacial score (nSPS) is 10.8. The van der Waals surface area contributed by atoms with Crippen LogP contribution >= 0.6 is 11.3 Å². The predicted octanol–water partition coefficient (Wildman–Crippen LogP) is 2.91. The number of hydrogen-bond donors (Lipinski definition) is 1. The molecule has 0 fully saturated rings. The molecule has 0 atom stereocenters. The van der Waals surface area contributed by atoms with Gasteiger partial charge in [0.05, 0.1) is 11.9 Å². The summed E-state index contributed by atoms with van der Waals surface area (Å²) in [6.45, 7) is 0.544. The van der Waals surface area contributed by atoms with E-state index in [1.54, 1.807) is 16.1 Å². The number of fused-ring (bicyclic) bond motifs is 1. The number of nitrogen functional groups attached to an aromatic ring is 1. The largest absolute Gasteiger partial charge is 0.408 e. The van der Waals surface area contributed by atoms with Crippen molar-refractivity contribution in [2.45, 2.75) is 6.61 Å². The lowest BCUT2D eigenvalue weighted by Crippen LogP contribution is -2.09. The third-order valence-electron chi connectivity index (χ3n) is 2.63. The summed E-state index contributed by atoms with van der Waals surface area (Å²) < 4.78 is 1.75. The Morgan fingerprint density at radius 2 is 2.00 bits per heavy atom. The zero-order valence-electron chi connectivity index (χ0n) is 9.17. The fourth-order valence-electron chi connectivity index (χ4n) is 1.76. The Morgan fingerprint density at radius 3 is 2.82 bits per heavy atom. The third-order valence-corrected chi connectivity index (χ3v) is 3.52. The Balaban J connectivity index is 1.84. The summed E-state index contributed by atoms with van der Waals surface area (Å²) in [5.74, 6) is 0. The van der Waals surface area contributed by atoms with E-state index in [2.05, 4.69) is 0 Å². The lowest BCUT2D eigenvalue weighted by molar-refractivity contribution is 0.109. The molecule has 1 aromatic carbocycles. The minimum Gasteiger partial charge on any atom is -0.408 e. The molecule has 17 heavy (non-hydrogen) atoms. The average Bonchev–Trinajstić information content (AvgIpc) is 2.93. The molecular weight excluding hydrogens is 232 g/mol. The van der Waals surface area contributed by atoms with E-state index in [1.165, 1.54) is 0 Å². The summed E-state index contributed by atoms with van der Waals surface area (Å²) in [6.07, 6.45) is 1.82. The molecule has 0 aliphatic rings. The van der Waals surface area contributed by atoms with Crippen LogP contribution in [0.1, 0.15) is 5.56 Å². The van der Waals surface area contributed by atoms with Crippen LogP contribution in [0.4, 0.5) is 5.69 Å². The minimum atomic E-state index is 0.544. The van der Waals surface area contributed by atoms with E-state index in [0.717, 1.165) is 21.5 Å². The van der Waals surface area contributed by atoms with Gasteiger partial charge in [0, 0.05) is 5.39 Å². The van der Waals surface area contributed by atoms with Gasteiger partial charge in [-0.2, -0.15) is 4.73 Å². The Kier molecular flexibility index (Phi) is 2.49. The molecular formula is C13H12N2OS. The predicted molar refractivity (Wildman–Crippen MR) is 71.0 cm³/mol. The molecule has 0 saturated heterocycles. The van der Waals surface area contributed by atoms with Crippen molar-refractivity contribution in [3.63, 3.8) is 0 Å². The van der Waals surface area contributed by atoms with Gasteiger partial charge in [-0.3, -0.25) is 0 Å². The summed E-state index contributed by atoms with van der Waals surface area (Å²) in [5, 5.41) is 3.08. The second-order valence-corrected chi connectivity index (χ2v) is 4.70. The minimum absolute atomic E-state index is 0.544. The lowest BCUT2D eigenvalue weighted by Gasteiger charge is -2.06. The molecule has 0 aliphatic carbocycles. The molecule has 3 rings (SSSR count). The van der Waals surface area contributed by atoms with Crippen molar-refractivity contribution in [1.29, 1.82) is 0 Å². The molecule has 0 bridgehead atoms. The number of rotatable bonds is 3. The SMILES string of the molecule is Nc1cn(OCc2ccccc2)c2sccc12. The molecule has 3 aromatic rings. The molecule has 2 aromatic heterocycles. The van der Waals surface area contributed by atoms with Crippen LogP contribution in [0.25, 0.3) is 10.2 Å². The van der Waals surface area contributed by atoms with Crippen LogP contribution in [0, 0.1) is 0 Å². The third kappa shape index (κ3) is 1.87. The molecule has 0 spiro atoms. The van der Waals surface area contributed by atoms with Gasteiger partial charge in [-0.1, -0.05) is 30.3 Å². The lowest BCUT2D eigenvalue weighted by atomic mass is 10.2. The highest BCUT2D eigenvalue weighted by Gasteiger charge is 2.07.